The maximum Gasteiger partial charge on any atom is 0.335 e. The van der Waals surface area contributed by atoms with Gasteiger partial charge in [-0.1, -0.05) is 72.8 Å². The van der Waals surface area contributed by atoms with Crippen LogP contribution < -0.4 is 4.90 Å². The van der Waals surface area contributed by atoms with Gasteiger partial charge in [0.05, 0.1) is 6.61 Å². The van der Waals surface area contributed by atoms with E-state index in [1.54, 1.807) is 0 Å². The Hall–Kier alpha value is -3.11. The molecule has 0 N–H and O–H groups in total. The molecule has 0 unspecified atom stereocenters. The van der Waals surface area contributed by atoms with E-state index in [2.05, 4.69) is 77.7 Å². The van der Waals surface area contributed by atoms with Gasteiger partial charge >= 0.3 is 5.97 Å². The summed E-state index contributed by atoms with van der Waals surface area (Å²) in [6.07, 6.45) is -0.0647. The molecule has 162 valence electrons. The maximum atomic E-state index is 12.2. The summed E-state index contributed by atoms with van der Waals surface area (Å²) in [6.45, 7) is 6.17. The van der Waals surface area contributed by atoms with Crippen molar-refractivity contribution in [2.75, 3.05) is 18.1 Å². The number of rotatable bonds is 11. The Bertz CT molecular complexity index is 869. The zero-order valence-electron chi connectivity index (χ0n) is 18.4. The van der Waals surface area contributed by atoms with E-state index < -0.39 is 6.10 Å². The van der Waals surface area contributed by atoms with Crippen LogP contribution in [0.1, 0.15) is 30.5 Å². The van der Waals surface area contributed by atoms with E-state index in [1.807, 2.05) is 26.0 Å². The minimum absolute atomic E-state index is 0.303. The van der Waals surface area contributed by atoms with Crippen LogP contribution in [-0.4, -0.2) is 25.3 Å². The average Bonchev–Trinajstić information content (AvgIpc) is 2.80. The Morgan fingerprint density at radius 3 is 1.77 bits per heavy atom. The molecule has 0 saturated carbocycles. The first-order valence-electron chi connectivity index (χ1n) is 10.9. The van der Waals surface area contributed by atoms with Crippen LogP contribution in [0, 0.1) is 0 Å². The van der Waals surface area contributed by atoms with Gasteiger partial charge in [-0.05, 0) is 42.7 Å². The van der Waals surface area contributed by atoms with Crippen LogP contribution >= 0.6 is 0 Å². The van der Waals surface area contributed by atoms with Crippen LogP contribution in [0.2, 0.25) is 0 Å². The molecule has 3 rings (SSSR count). The number of carbonyl (C=O) groups is 1. The Kier molecular flexibility index (Phi) is 8.68. The number of esters is 1. The molecule has 0 aliphatic carbocycles. The van der Waals surface area contributed by atoms with Crippen molar-refractivity contribution in [1.82, 2.24) is 0 Å². The fourth-order valence-electron chi connectivity index (χ4n) is 3.55. The lowest BCUT2D eigenvalue weighted by Crippen LogP contribution is -2.29. The zero-order valence-corrected chi connectivity index (χ0v) is 18.4. The minimum atomic E-state index is -0.569. The molecule has 4 nitrogen and oxygen atoms in total. The monoisotopic (exact) mass is 417 g/mol. The fourth-order valence-corrected chi connectivity index (χ4v) is 3.55. The third kappa shape index (κ3) is 6.97. The van der Waals surface area contributed by atoms with Crippen LogP contribution in [0.15, 0.2) is 84.9 Å². The molecule has 4 heteroatoms. The van der Waals surface area contributed by atoms with Crippen LogP contribution in [0.25, 0.3) is 0 Å². The predicted octanol–water partition coefficient (Wildman–Crippen LogP) is 5.40. The molecule has 0 amide bonds. The van der Waals surface area contributed by atoms with Crippen molar-refractivity contribution in [2.45, 2.75) is 39.5 Å². The summed E-state index contributed by atoms with van der Waals surface area (Å²) in [5.41, 5.74) is 4.72. The molecular formula is C27H31NO3. The summed E-state index contributed by atoms with van der Waals surface area (Å²) in [7, 11) is 0. The molecule has 31 heavy (non-hydrogen) atoms. The zero-order chi connectivity index (χ0) is 21.9. The third-order valence-corrected chi connectivity index (χ3v) is 5.07. The first-order valence-corrected chi connectivity index (χ1v) is 10.9. The number of hydrogen-bond acceptors (Lipinski definition) is 4. The molecule has 0 spiro atoms. The number of hydrogen-bond donors (Lipinski definition) is 0. The minimum Gasteiger partial charge on any atom is -0.464 e. The van der Waals surface area contributed by atoms with E-state index in [0.717, 1.165) is 24.3 Å². The Labute approximate surface area is 185 Å². The molecule has 0 aliphatic rings. The summed E-state index contributed by atoms with van der Waals surface area (Å²) in [5.74, 6) is -0.303. The normalized spacial score (nSPS) is 11.7. The second-order valence-electron chi connectivity index (χ2n) is 7.39. The molecule has 0 heterocycles. The van der Waals surface area contributed by atoms with Gasteiger partial charge in [-0.15, -0.1) is 0 Å². The SMILES string of the molecule is CCOC(=O)[C@@H](Cc1ccc(N(Cc2ccccc2)Cc2ccccc2)cc1)OCC. The smallest absolute Gasteiger partial charge is 0.335 e. The highest BCUT2D eigenvalue weighted by molar-refractivity contribution is 5.75. The van der Waals surface area contributed by atoms with Crippen molar-refractivity contribution in [3.05, 3.63) is 102 Å². The molecule has 0 saturated heterocycles. The number of anilines is 1. The number of ether oxygens (including phenoxy) is 2. The molecule has 1 atom stereocenters. The average molecular weight is 418 g/mol. The van der Waals surface area contributed by atoms with Gasteiger partial charge in [-0.3, -0.25) is 0 Å². The van der Waals surface area contributed by atoms with E-state index in [-0.39, 0.29) is 5.97 Å². The van der Waals surface area contributed by atoms with Gasteiger partial charge in [-0.25, -0.2) is 4.79 Å². The molecule has 0 fully saturated rings. The number of benzene rings is 3. The highest BCUT2D eigenvalue weighted by Crippen LogP contribution is 2.22. The van der Waals surface area contributed by atoms with E-state index in [9.17, 15) is 4.79 Å². The second-order valence-corrected chi connectivity index (χ2v) is 7.39. The third-order valence-electron chi connectivity index (χ3n) is 5.07. The van der Waals surface area contributed by atoms with E-state index in [0.29, 0.717) is 19.6 Å². The van der Waals surface area contributed by atoms with Crippen LogP contribution in [0.5, 0.6) is 0 Å². The summed E-state index contributed by atoms with van der Waals surface area (Å²) >= 11 is 0. The fraction of sp³-hybridized carbons (Fsp3) is 0.296. The molecule has 0 bridgehead atoms. The quantitative estimate of drug-likeness (QED) is 0.391. The highest BCUT2D eigenvalue weighted by atomic mass is 16.6. The first-order chi connectivity index (χ1) is 15.2. The van der Waals surface area contributed by atoms with Crippen molar-refractivity contribution >= 4 is 11.7 Å². The molecule has 3 aromatic carbocycles. The van der Waals surface area contributed by atoms with Gasteiger partial charge in [0.25, 0.3) is 0 Å². The standard InChI is InChI=1S/C27H31NO3/c1-3-30-26(27(29)31-4-2)19-22-15-17-25(18-16-22)28(20-23-11-7-5-8-12-23)21-24-13-9-6-10-14-24/h5-18,26H,3-4,19-21H2,1-2H3/t26-/m1/s1. The lowest BCUT2D eigenvalue weighted by Gasteiger charge is -2.26. The predicted molar refractivity (Wildman–Crippen MR) is 125 cm³/mol. The molecule has 0 radical (unpaired) electrons. The second kappa shape index (κ2) is 11.9. The summed E-state index contributed by atoms with van der Waals surface area (Å²) in [4.78, 5) is 14.5. The van der Waals surface area contributed by atoms with Crippen molar-refractivity contribution in [3.63, 3.8) is 0 Å². The van der Waals surface area contributed by atoms with Crippen molar-refractivity contribution < 1.29 is 14.3 Å². The van der Waals surface area contributed by atoms with Crippen molar-refractivity contribution in [2.24, 2.45) is 0 Å². The summed E-state index contributed by atoms with van der Waals surface area (Å²) in [5, 5.41) is 0. The van der Waals surface area contributed by atoms with Gasteiger partial charge in [0.15, 0.2) is 6.10 Å². The topological polar surface area (TPSA) is 38.8 Å². The number of nitrogens with zero attached hydrogens (tertiary/aromatic N) is 1. The molecule has 3 aromatic rings. The molecule has 0 aromatic heterocycles. The first kappa shape index (κ1) is 22.6. The van der Waals surface area contributed by atoms with E-state index in [4.69, 9.17) is 9.47 Å². The highest BCUT2D eigenvalue weighted by Gasteiger charge is 2.20. The maximum absolute atomic E-state index is 12.2. The van der Waals surface area contributed by atoms with Gasteiger partial charge in [0.2, 0.25) is 0 Å². The van der Waals surface area contributed by atoms with Crippen molar-refractivity contribution in [3.8, 4) is 0 Å². The van der Waals surface area contributed by atoms with Crippen molar-refractivity contribution in [1.29, 1.82) is 0 Å². The molecular weight excluding hydrogens is 386 g/mol. The Morgan fingerprint density at radius 1 is 0.742 bits per heavy atom. The van der Waals surface area contributed by atoms with Crippen LogP contribution in [-0.2, 0) is 33.8 Å². The van der Waals surface area contributed by atoms with Gasteiger partial charge in [0.1, 0.15) is 0 Å². The largest absolute Gasteiger partial charge is 0.464 e. The van der Waals surface area contributed by atoms with Gasteiger partial charge < -0.3 is 14.4 Å². The van der Waals surface area contributed by atoms with Gasteiger partial charge in [-0.2, -0.15) is 0 Å². The Morgan fingerprint density at radius 2 is 1.29 bits per heavy atom. The lowest BCUT2D eigenvalue weighted by atomic mass is 10.1. The summed E-state index contributed by atoms with van der Waals surface area (Å²) < 4.78 is 10.8. The van der Waals surface area contributed by atoms with Gasteiger partial charge in [0, 0.05) is 31.8 Å². The Balaban J connectivity index is 1.76. The van der Waals surface area contributed by atoms with Crippen LogP contribution in [0.3, 0.4) is 0 Å². The molecule has 0 aliphatic heterocycles. The lowest BCUT2D eigenvalue weighted by molar-refractivity contribution is -0.156. The number of carbonyl (C=O) groups excluding carboxylic acids is 1. The van der Waals surface area contributed by atoms with E-state index >= 15 is 0 Å². The van der Waals surface area contributed by atoms with E-state index in [1.165, 1.54) is 11.1 Å². The summed E-state index contributed by atoms with van der Waals surface area (Å²) in [6, 6.07) is 29.4. The van der Waals surface area contributed by atoms with Crippen LogP contribution in [0.4, 0.5) is 5.69 Å².